The van der Waals surface area contributed by atoms with Gasteiger partial charge < -0.3 is 15.8 Å². The first-order chi connectivity index (χ1) is 10.2. The molecule has 1 aromatic carbocycles. The number of nitrogen functional groups attached to an aromatic ring is 1. The van der Waals surface area contributed by atoms with Gasteiger partial charge in [0.05, 0.1) is 11.6 Å². The number of pyridine rings is 1. The number of ether oxygens (including phenoxy) is 1. The highest BCUT2D eigenvalue weighted by Gasteiger charge is 2.14. The molecular formula is C16H20BrN3O. The molecule has 0 saturated carbocycles. The van der Waals surface area contributed by atoms with Gasteiger partial charge in [-0.3, -0.25) is 4.98 Å². The van der Waals surface area contributed by atoms with Gasteiger partial charge in [-0.15, -0.1) is 0 Å². The lowest BCUT2D eigenvalue weighted by atomic mass is 9.99. The van der Waals surface area contributed by atoms with Crippen LogP contribution in [0, 0.1) is 0 Å². The van der Waals surface area contributed by atoms with Crippen molar-refractivity contribution in [3.05, 3.63) is 52.3 Å². The topological polar surface area (TPSA) is 60.2 Å². The van der Waals surface area contributed by atoms with Crippen molar-refractivity contribution in [1.82, 2.24) is 10.3 Å². The van der Waals surface area contributed by atoms with Crippen molar-refractivity contribution < 1.29 is 4.74 Å². The molecule has 3 N–H and O–H groups in total. The molecule has 5 heteroatoms. The molecule has 1 atom stereocenters. The van der Waals surface area contributed by atoms with Crippen molar-refractivity contribution in [3.63, 3.8) is 0 Å². The molecule has 0 aliphatic carbocycles. The molecule has 0 radical (unpaired) electrons. The molecule has 0 spiro atoms. The highest BCUT2D eigenvalue weighted by atomic mass is 79.9. The number of methoxy groups -OCH3 is 1. The van der Waals surface area contributed by atoms with Gasteiger partial charge in [-0.2, -0.15) is 0 Å². The van der Waals surface area contributed by atoms with E-state index in [0.717, 1.165) is 34.4 Å². The first-order valence-corrected chi connectivity index (χ1v) is 7.70. The number of nitrogens with zero attached hydrogens (tertiary/aromatic N) is 1. The normalized spacial score (nSPS) is 12.1. The lowest BCUT2D eigenvalue weighted by Crippen LogP contribution is -2.23. The lowest BCUT2D eigenvalue weighted by molar-refractivity contribution is 0.411. The highest BCUT2D eigenvalue weighted by Crippen LogP contribution is 2.29. The maximum absolute atomic E-state index is 6.02. The van der Waals surface area contributed by atoms with Crippen LogP contribution >= 0.6 is 15.9 Å². The summed E-state index contributed by atoms with van der Waals surface area (Å²) in [4.78, 5) is 4.16. The molecule has 0 aliphatic rings. The van der Waals surface area contributed by atoms with Crippen LogP contribution in [-0.2, 0) is 6.42 Å². The van der Waals surface area contributed by atoms with Gasteiger partial charge in [-0.25, -0.2) is 0 Å². The Morgan fingerprint density at radius 2 is 2.19 bits per heavy atom. The van der Waals surface area contributed by atoms with Gasteiger partial charge in [0.2, 0.25) is 0 Å². The number of likely N-dealkylation sites (N-methyl/N-ethyl adjacent to an activating group) is 1. The number of rotatable bonds is 6. The Balaban J connectivity index is 2.26. The summed E-state index contributed by atoms with van der Waals surface area (Å²) < 4.78 is 6.23. The predicted molar refractivity (Wildman–Crippen MR) is 89.5 cm³/mol. The van der Waals surface area contributed by atoms with E-state index in [1.807, 2.05) is 18.3 Å². The van der Waals surface area contributed by atoms with Crippen molar-refractivity contribution in [2.24, 2.45) is 0 Å². The number of halogens is 1. The van der Waals surface area contributed by atoms with Crippen LogP contribution in [-0.4, -0.2) is 18.6 Å². The van der Waals surface area contributed by atoms with Crippen LogP contribution in [0.3, 0.4) is 0 Å². The van der Waals surface area contributed by atoms with Gasteiger partial charge >= 0.3 is 0 Å². The molecule has 0 aliphatic heterocycles. The van der Waals surface area contributed by atoms with Gasteiger partial charge in [-0.05, 0) is 58.2 Å². The zero-order chi connectivity index (χ0) is 15.2. The van der Waals surface area contributed by atoms with Crippen molar-refractivity contribution in [3.8, 4) is 5.75 Å². The summed E-state index contributed by atoms with van der Waals surface area (Å²) in [5.74, 6) is 0.829. The van der Waals surface area contributed by atoms with Gasteiger partial charge in [-0.1, -0.05) is 13.0 Å². The summed E-state index contributed by atoms with van der Waals surface area (Å²) in [5.41, 5.74) is 9.04. The first-order valence-electron chi connectivity index (χ1n) is 6.90. The van der Waals surface area contributed by atoms with Crippen LogP contribution in [0.2, 0.25) is 0 Å². The number of aromatic nitrogens is 1. The summed E-state index contributed by atoms with van der Waals surface area (Å²) in [5, 5.41) is 3.49. The number of hydrogen-bond acceptors (Lipinski definition) is 4. The fourth-order valence-corrected chi connectivity index (χ4v) is 2.84. The lowest BCUT2D eigenvalue weighted by Gasteiger charge is -2.20. The average molecular weight is 350 g/mol. The van der Waals surface area contributed by atoms with Crippen LogP contribution in [0.15, 0.2) is 41.1 Å². The number of benzene rings is 1. The van der Waals surface area contributed by atoms with Gasteiger partial charge in [0.15, 0.2) is 0 Å². The van der Waals surface area contributed by atoms with Crippen molar-refractivity contribution >= 4 is 21.6 Å². The zero-order valence-electron chi connectivity index (χ0n) is 12.3. The molecule has 4 nitrogen and oxygen atoms in total. The van der Waals surface area contributed by atoms with E-state index in [4.69, 9.17) is 10.5 Å². The molecule has 1 aromatic heterocycles. The van der Waals surface area contributed by atoms with Crippen LogP contribution < -0.4 is 15.8 Å². The summed E-state index contributed by atoms with van der Waals surface area (Å²) in [6, 6.07) is 8.14. The fourth-order valence-electron chi connectivity index (χ4n) is 2.28. The molecule has 1 unspecified atom stereocenters. The number of anilines is 1. The van der Waals surface area contributed by atoms with Crippen LogP contribution in [0.4, 0.5) is 5.69 Å². The highest BCUT2D eigenvalue weighted by molar-refractivity contribution is 9.10. The molecule has 112 valence electrons. The number of hydrogen-bond donors (Lipinski definition) is 2. The summed E-state index contributed by atoms with van der Waals surface area (Å²) in [7, 11) is 1.66. The van der Waals surface area contributed by atoms with Crippen LogP contribution in [0.25, 0.3) is 0 Å². The Hall–Kier alpha value is -1.59. The SMILES string of the molecule is CCNC(Cc1cnccc1N)c1ccc(OC)c(Br)c1. The second-order valence-corrected chi connectivity index (χ2v) is 5.64. The van der Waals surface area contributed by atoms with E-state index in [2.05, 4.69) is 45.3 Å². The third-order valence-corrected chi connectivity index (χ3v) is 4.01. The standard InChI is InChI=1S/C16H20BrN3O/c1-3-20-15(9-12-10-19-7-6-14(12)18)11-4-5-16(21-2)13(17)8-11/h4-8,10,15,20H,3,9H2,1-2H3,(H2,18,19). The second kappa shape index (κ2) is 7.43. The Morgan fingerprint density at radius 3 is 2.81 bits per heavy atom. The van der Waals surface area contributed by atoms with E-state index in [9.17, 15) is 0 Å². The predicted octanol–water partition coefficient (Wildman–Crippen LogP) is 3.33. The van der Waals surface area contributed by atoms with Crippen molar-refractivity contribution in [1.29, 1.82) is 0 Å². The Bertz CT molecular complexity index is 604. The smallest absolute Gasteiger partial charge is 0.133 e. The molecule has 2 aromatic rings. The molecule has 0 bridgehead atoms. The van der Waals surface area contributed by atoms with Gasteiger partial charge in [0, 0.05) is 24.1 Å². The largest absolute Gasteiger partial charge is 0.496 e. The number of nitrogens with two attached hydrogens (primary N) is 1. The number of nitrogens with one attached hydrogen (secondary N) is 1. The summed E-state index contributed by atoms with van der Waals surface area (Å²) in [6.45, 7) is 2.98. The minimum absolute atomic E-state index is 0.184. The van der Waals surface area contributed by atoms with E-state index in [1.54, 1.807) is 13.3 Å². The second-order valence-electron chi connectivity index (χ2n) is 4.78. The Labute approximate surface area is 133 Å². The molecule has 0 amide bonds. The maximum atomic E-state index is 6.02. The average Bonchev–Trinajstić information content (AvgIpc) is 2.49. The van der Waals surface area contributed by atoms with Crippen LogP contribution in [0.1, 0.15) is 24.1 Å². The molecule has 0 fully saturated rings. The third-order valence-electron chi connectivity index (χ3n) is 3.39. The molecular weight excluding hydrogens is 330 g/mol. The molecule has 2 rings (SSSR count). The van der Waals surface area contributed by atoms with E-state index < -0.39 is 0 Å². The molecule has 21 heavy (non-hydrogen) atoms. The fraction of sp³-hybridized carbons (Fsp3) is 0.312. The molecule has 1 heterocycles. The van der Waals surface area contributed by atoms with Crippen LogP contribution in [0.5, 0.6) is 5.75 Å². The zero-order valence-corrected chi connectivity index (χ0v) is 13.9. The summed E-state index contributed by atoms with van der Waals surface area (Å²) >= 11 is 3.54. The van der Waals surface area contributed by atoms with Crippen molar-refractivity contribution in [2.45, 2.75) is 19.4 Å². The van der Waals surface area contributed by atoms with E-state index in [0.29, 0.717) is 0 Å². The third kappa shape index (κ3) is 3.95. The first kappa shape index (κ1) is 15.8. The van der Waals surface area contributed by atoms with E-state index in [-0.39, 0.29) is 6.04 Å². The molecule has 0 saturated heterocycles. The Kier molecular flexibility index (Phi) is 5.59. The van der Waals surface area contributed by atoms with E-state index in [1.165, 1.54) is 5.56 Å². The minimum atomic E-state index is 0.184. The maximum Gasteiger partial charge on any atom is 0.133 e. The Morgan fingerprint density at radius 1 is 1.38 bits per heavy atom. The minimum Gasteiger partial charge on any atom is -0.496 e. The quantitative estimate of drug-likeness (QED) is 0.839. The van der Waals surface area contributed by atoms with E-state index >= 15 is 0 Å². The van der Waals surface area contributed by atoms with Crippen molar-refractivity contribution in [2.75, 3.05) is 19.4 Å². The monoisotopic (exact) mass is 349 g/mol. The van der Waals surface area contributed by atoms with Gasteiger partial charge in [0.25, 0.3) is 0 Å². The van der Waals surface area contributed by atoms with Gasteiger partial charge in [0.1, 0.15) is 5.75 Å². The summed E-state index contributed by atoms with van der Waals surface area (Å²) in [6.07, 6.45) is 4.34.